The van der Waals surface area contributed by atoms with Gasteiger partial charge in [-0.2, -0.15) is 13.2 Å². The number of thioether (sulfide) groups is 1. The molecule has 5 heteroatoms. The van der Waals surface area contributed by atoms with E-state index in [-0.39, 0.29) is 22.6 Å². The summed E-state index contributed by atoms with van der Waals surface area (Å²) in [4.78, 5) is 0.138. The van der Waals surface area contributed by atoms with Crippen molar-refractivity contribution in [2.45, 2.75) is 30.2 Å². The van der Waals surface area contributed by atoms with Crippen molar-refractivity contribution in [1.29, 1.82) is 0 Å². The predicted molar refractivity (Wildman–Crippen MR) is 57.5 cm³/mol. The lowest BCUT2D eigenvalue weighted by atomic mass is 10.0. The second-order valence-corrected chi connectivity index (χ2v) is 5.00. The van der Waals surface area contributed by atoms with Crippen molar-refractivity contribution in [1.82, 2.24) is 0 Å². The van der Waals surface area contributed by atoms with Crippen molar-refractivity contribution in [3.63, 3.8) is 0 Å². The Balaban J connectivity index is 2.99. The SMILES string of the molecule is CC(C)c1cc(Cl)cc(SC(F)(F)F)c1. The van der Waals surface area contributed by atoms with Gasteiger partial charge in [0.1, 0.15) is 0 Å². The summed E-state index contributed by atoms with van der Waals surface area (Å²) in [6, 6.07) is 4.53. The van der Waals surface area contributed by atoms with Crippen molar-refractivity contribution in [3.05, 3.63) is 28.8 Å². The van der Waals surface area contributed by atoms with Crippen molar-refractivity contribution in [3.8, 4) is 0 Å². The van der Waals surface area contributed by atoms with Crippen LogP contribution in [0.2, 0.25) is 5.02 Å². The van der Waals surface area contributed by atoms with Gasteiger partial charge >= 0.3 is 5.51 Å². The average Bonchev–Trinajstić information content (AvgIpc) is 1.99. The van der Waals surface area contributed by atoms with E-state index in [1.165, 1.54) is 12.1 Å². The third-order valence-corrected chi connectivity index (χ3v) is 2.71. The minimum absolute atomic E-state index is 0.138. The average molecular weight is 255 g/mol. The first-order valence-electron chi connectivity index (χ1n) is 4.34. The maximum atomic E-state index is 12.1. The number of alkyl halides is 3. The van der Waals surface area contributed by atoms with E-state index in [0.29, 0.717) is 5.02 Å². The molecule has 0 heterocycles. The molecular weight excluding hydrogens is 245 g/mol. The first kappa shape index (κ1) is 12.7. The Morgan fingerprint density at radius 1 is 1.20 bits per heavy atom. The van der Waals surface area contributed by atoms with Crippen LogP contribution in [-0.4, -0.2) is 5.51 Å². The zero-order valence-corrected chi connectivity index (χ0v) is 9.80. The zero-order chi connectivity index (χ0) is 11.6. The Bertz CT molecular complexity index is 347. The van der Waals surface area contributed by atoms with Gasteiger partial charge in [0, 0.05) is 9.92 Å². The lowest BCUT2D eigenvalue weighted by Gasteiger charge is -2.10. The highest BCUT2D eigenvalue weighted by Gasteiger charge is 2.29. The minimum atomic E-state index is -4.26. The Kier molecular flexibility index (Phi) is 3.95. The second kappa shape index (κ2) is 4.66. The summed E-state index contributed by atoms with van der Waals surface area (Å²) in [5.41, 5.74) is -3.45. The van der Waals surface area contributed by atoms with Gasteiger partial charge in [0.25, 0.3) is 0 Å². The lowest BCUT2D eigenvalue weighted by molar-refractivity contribution is -0.0328. The maximum absolute atomic E-state index is 12.1. The van der Waals surface area contributed by atoms with Gasteiger partial charge in [0.15, 0.2) is 0 Å². The van der Waals surface area contributed by atoms with Gasteiger partial charge in [0.2, 0.25) is 0 Å². The lowest BCUT2D eigenvalue weighted by Crippen LogP contribution is -1.99. The highest BCUT2D eigenvalue weighted by molar-refractivity contribution is 8.00. The summed E-state index contributed by atoms with van der Waals surface area (Å²) >= 11 is 5.60. The maximum Gasteiger partial charge on any atom is 0.446 e. The molecule has 0 aliphatic carbocycles. The molecule has 0 radical (unpaired) electrons. The molecule has 1 rings (SSSR count). The van der Waals surface area contributed by atoms with E-state index in [2.05, 4.69) is 0 Å². The monoisotopic (exact) mass is 254 g/mol. The smallest absolute Gasteiger partial charge is 0.160 e. The molecule has 1 aromatic rings. The van der Waals surface area contributed by atoms with Crippen LogP contribution in [0.5, 0.6) is 0 Å². The van der Waals surface area contributed by atoms with Crippen LogP contribution in [0.1, 0.15) is 25.3 Å². The van der Waals surface area contributed by atoms with Crippen molar-refractivity contribution in [2.75, 3.05) is 0 Å². The minimum Gasteiger partial charge on any atom is -0.160 e. The van der Waals surface area contributed by atoms with Gasteiger partial charge < -0.3 is 0 Å². The molecule has 0 amide bonds. The van der Waals surface area contributed by atoms with Crippen LogP contribution in [-0.2, 0) is 0 Å². The Hall–Kier alpha value is -0.350. The number of hydrogen-bond acceptors (Lipinski definition) is 1. The number of benzene rings is 1. The van der Waals surface area contributed by atoms with E-state index < -0.39 is 5.51 Å². The van der Waals surface area contributed by atoms with Crippen LogP contribution in [0.4, 0.5) is 13.2 Å². The van der Waals surface area contributed by atoms with Crippen LogP contribution in [0.25, 0.3) is 0 Å². The molecule has 0 unspecified atom stereocenters. The number of hydrogen-bond donors (Lipinski definition) is 0. The van der Waals surface area contributed by atoms with E-state index in [0.717, 1.165) is 5.56 Å². The third-order valence-electron chi connectivity index (χ3n) is 1.79. The molecule has 0 aliphatic heterocycles. The Morgan fingerprint density at radius 3 is 2.27 bits per heavy atom. The van der Waals surface area contributed by atoms with Gasteiger partial charge in [-0.25, -0.2) is 0 Å². The quantitative estimate of drug-likeness (QED) is 0.664. The molecule has 0 atom stereocenters. The van der Waals surface area contributed by atoms with Crippen molar-refractivity contribution in [2.24, 2.45) is 0 Å². The van der Waals surface area contributed by atoms with Crippen molar-refractivity contribution >= 4 is 23.4 Å². The standard InChI is InChI=1S/C10H10ClF3S/c1-6(2)7-3-8(11)5-9(4-7)15-10(12,13)14/h3-6H,1-2H3. The molecule has 0 fully saturated rings. The molecule has 0 nitrogen and oxygen atoms in total. The highest BCUT2D eigenvalue weighted by Crippen LogP contribution is 2.38. The van der Waals surface area contributed by atoms with E-state index >= 15 is 0 Å². The first-order valence-corrected chi connectivity index (χ1v) is 5.53. The van der Waals surface area contributed by atoms with Gasteiger partial charge in [-0.1, -0.05) is 25.4 Å². The fourth-order valence-electron chi connectivity index (χ4n) is 1.11. The van der Waals surface area contributed by atoms with Gasteiger partial charge in [-0.15, -0.1) is 0 Å². The first-order chi connectivity index (χ1) is 6.78. The summed E-state index contributed by atoms with van der Waals surface area (Å²) in [5, 5.41) is 0.341. The van der Waals surface area contributed by atoms with Crippen molar-refractivity contribution < 1.29 is 13.2 Å². The van der Waals surface area contributed by atoms with Crippen LogP contribution in [0.3, 0.4) is 0 Å². The van der Waals surface area contributed by atoms with E-state index in [1.807, 2.05) is 13.8 Å². The summed E-state index contributed by atoms with van der Waals surface area (Å²) in [7, 11) is 0. The summed E-state index contributed by atoms with van der Waals surface area (Å²) < 4.78 is 36.4. The molecule has 84 valence electrons. The fraction of sp³-hybridized carbons (Fsp3) is 0.400. The number of rotatable bonds is 2. The molecule has 0 bridgehead atoms. The fourth-order valence-corrected chi connectivity index (χ4v) is 2.07. The number of halogens is 4. The molecule has 0 aliphatic rings. The summed E-state index contributed by atoms with van der Waals surface area (Å²) in [5.74, 6) is 0.163. The molecule has 0 spiro atoms. The molecule has 0 N–H and O–H groups in total. The van der Waals surface area contributed by atoms with Crippen LogP contribution >= 0.6 is 23.4 Å². The Labute approximate surface area is 95.8 Å². The van der Waals surface area contributed by atoms with E-state index in [1.54, 1.807) is 6.07 Å². The molecule has 1 aromatic carbocycles. The molecular formula is C10H10ClF3S. The largest absolute Gasteiger partial charge is 0.446 e. The van der Waals surface area contributed by atoms with Crippen LogP contribution < -0.4 is 0 Å². The van der Waals surface area contributed by atoms with Crippen LogP contribution in [0.15, 0.2) is 23.1 Å². The summed E-state index contributed by atoms with van der Waals surface area (Å²) in [6.07, 6.45) is 0. The Morgan fingerprint density at radius 2 is 1.80 bits per heavy atom. The van der Waals surface area contributed by atoms with Crippen LogP contribution in [0, 0.1) is 0 Å². The topological polar surface area (TPSA) is 0 Å². The van der Waals surface area contributed by atoms with Gasteiger partial charge in [-0.3, -0.25) is 0 Å². The van der Waals surface area contributed by atoms with E-state index in [4.69, 9.17) is 11.6 Å². The normalized spacial score (nSPS) is 12.2. The molecule has 15 heavy (non-hydrogen) atoms. The van der Waals surface area contributed by atoms with E-state index in [9.17, 15) is 13.2 Å². The van der Waals surface area contributed by atoms with Gasteiger partial charge in [0.05, 0.1) is 0 Å². The summed E-state index contributed by atoms with van der Waals surface area (Å²) in [6.45, 7) is 3.82. The molecule has 0 saturated heterocycles. The second-order valence-electron chi connectivity index (χ2n) is 3.42. The highest BCUT2D eigenvalue weighted by atomic mass is 35.5. The predicted octanol–water partition coefficient (Wildman–Crippen LogP) is 5.08. The molecule has 0 saturated carbocycles. The zero-order valence-electron chi connectivity index (χ0n) is 8.23. The van der Waals surface area contributed by atoms with Gasteiger partial charge in [-0.05, 0) is 41.4 Å². The molecule has 0 aromatic heterocycles. The third kappa shape index (κ3) is 4.34.